The van der Waals surface area contributed by atoms with Crippen LogP contribution in [0.1, 0.15) is 45.2 Å². The molecule has 6 aromatic heterocycles. The third-order valence-electron chi connectivity index (χ3n) is 16.9. The van der Waals surface area contributed by atoms with E-state index in [9.17, 15) is 0 Å². The van der Waals surface area contributed by atoms with E-state index in [1.54, 1.807) is 0 Å². The molecule has 2 unspecified atom stereocenters. The summed E-state index contributed by atoms with van der Waals surface area (Å²) in [5.74, 6) is 1.40. The number of pyridine rings is 2. The molecule has 8 nitrogen and oxygen atoms in total. The van der Waals surface area contributed by atoms with Gasteiger partial charge in [-0.2, -0.15) is 0 Å². The van der Waals surface area contributed by atoms with Crippen LogP contribution in [-0.2, 0) is 0 Å². The van der Waals surface area contributed by atoms with E-state index in [-0.39, 0.29) is 11.8 Å². The zero-order chi connectivity index (χ0) is 53.8. The molecule has 2 atom stereocenters. The topological polar surface area (TPSA) is 87.2 Å². The molecule has 0 amide bonds. The summed E-state index contributed by atoms with van der Waals surface area (Å²) >= 11 is 0. The SMILES string of the molecule is c1ccc(-c2cc(-c3ccc(-n4c5ccccc5c5cnccc54)cc3)nc(-c3ccc4c(c3)C3c5ccccc5C4c4cc(-c5nc(-c6ccccc6)cc(-c6ccc(-n7c8ccccc8c8cnccc87)cc6)n5)ccc43)n2)cc1. The Morgan fingerprint density at radius 3 is 1.02 bits per heavy atom. The lowest BCUT2D eigenvalue weighted by atomic mass is 9.61. The molecular weight excluding hydrogens is 1000 g/mol. The second-order valence-corrected chi connectivity index (χ2v) is 21.4. The highest BCUT2D eigenvalue weighted by Gasteiger charge is 2.41. The van der Waals surface area contributed by atoms with Gasteiger partial charge in [0.1, 0.15) is 0 Å². The van der Waals surface area contributed by atoms with E-state index in [1.165, 1.54) is 44.2 Å². The summed E-state index contributed by atoms with van der Waals surface area (Å²) in [6.07, 6.45) is 7.65. The number of para-hydroxylation sites is 2. The highest BCUT2D eigenvalue weighted by atomic mass is 15.0. The molecule has 82 heavy (non-hydrogen) atoms. The van der Waals surface area contributed by atoms with Gasteiger partial charge in [-0.1, -0.05) is 170 Å². The molecule has 382 valence electrons. The second-order valence-electron chi connectivity index (χ2n) is 21.4. The highest BCUT2D eigenvalue weighted by molar-refractivity contribution is 6.10. The summed E-state index contributed by atoms with van der Waals surface area (Å²) in [6.45, 7) is 0. The summed E-state index contributed by atoms with van der Waals surface area (Å²) in [4.78, 5) is 30.4. The third kappa shape index (κ3) is 7.24. The van der Waals surface area contributed by atoms with E-state index in [0.717, 1.165) is 100 Å². The van der Waals surface area contributed by atoms with Crippen molar-refractivity contribution in [3.63, 3.8) is 0 Å². The van der Waals surface area contributed by atoms with Crippen LogP contribution < -0.4 is 0 Å². The predicted molar refractivity (Wildman–Crippen MR) is 329 cm³/mol. The fourth-order valence-corrected chi connectivity index (χ4v) is 13.2. The summed E-state index contributed by atoms with van der Waals surface area (Å²) in [5.41, 5.74) is 24.1. The van der Waals surface area contributed by atoms with E-state index < -0.39 is 0 Å². The maximum Gasteiger partial charge on any atom is 0.160 e. The van der Waals surface area contributed by atoms with Crippen LogP contribution >= 0.6 is 0 Å². The maximum atomic E-state index is 5.39. The summed E-state index contributed by atoms with van der Waals surface area (Å²) in [6, 6.07) is 86.6. The van der Waals surface area contributed by atoms with Gasteiger partial charge in [-0.3, -0.25) is 9.97 Å². The highest BCUT2D eigenvalue weighted by Crippen LogP contribution is 2.57. The van der Waals surface area contributed by atoms with Gasteiger partial charge in [0, 0.05) is 103 Å². The molecular formula is C74H46N8. The number of rotatable bonds is 8. The number of benzene rings is 9. The lowest BCUT2D eigenvalue weighted by Crippen LogP contribution is -2.27. The Balaban J connectivity index is 0.750. The molecule has 0 spiro atoms. The van der Waals surface area contributed by atoms with Crippen molar-refractivity contribution in [3.05, 3.63) is 301 Å². The lowest BCUT2D eigenvalue weighted by Gasteiger charge is -2.42. The average molecular weight is 1050 g/mol. The van der Waals surface area contributed by atoms with Gasteiger partial charge in [0.25, 0.3) is 0 Å². The van der Waals surface area contributed by atoms with Gasteiger partial charge in [-0.25, -0.2) is 19.9 Å². The lowest BCUT2D eigenvalue weighted by molar-refractivity contribution is 0.754. The van der Waals surface area contributed by atoms with E-state index in [1.807, 2.05) is 36.9 Å². The second kappa shape index (κ2) is 18.3. The van der Waals surface area contributed by atoms with Crippen molar-refractivity contribution < 1.29 is 0 Å². The molecule has 18 rings (SSSR count). The van der Waals surface area contributed by atoms with Crippen LogP contribution in [0.15, 0.2) is 267 Å². The molecule has 2 bridgehead atoms. The molecule has 9 aromatic carbocycles. The Bertz CT molecular complexity index is 4620. The predicted octanol–water partition coefficient (Wildman–Crippen LogP) is 17.2. The third-order valence-corrected chi connectivity index (χ3v) is 16.9. The van der Waals surface area contributed by atoms with Crippen molar-refractivity contribution in [2.45, 2.75) is 11.8 Å². The molecule has 0 radical (unpaired) electrons. The minimum absolute atomic E-state index is 0.0117. The Kier molecular flexibility index (Phi) is 10.3. The summed E-state index contributed by atoms with van der Waals surface area (Å²) in [7, 11) is 0. The first-order valence-corrected chi connectivity index (χ1v) is 27.8. The van der Waals surface area contributed by atoms with E-state index >= 15 is 0 Å². The standard InChI is InChI=1S/C74H46N8/c1-3-13-45(14-4-1)63-41-65(47-23-29-51(30-24-47)81-67-21-11-9-17-53(67)61-43-75-37-35-69(61)81)79-73(77-63)49-27-33-57-59(39-49)71-55-19-7-8-20-56(55)72(57)60-40-50(28-34-58(60)71)74-78-64(46-15-5-2-6-16-46)42-66(80-74)48-25-31-52(32-26-48)82-68-22-12-10-18-54(68)62-44-76-38-36-70(62)82/h1-44,71-72H. The number of fused-ring (bicyclic) bond motifs is 6. The van der Waals surface area contributed by atoms with E-state index in [4.69, 9.17) is 19.9 Å². The monoisotopic (exact) mass is 1050 g/mol. The van der Waals surface area contributed by atoms with Gasteiger partial charge < -0.3 is 9.13 Å². The van der Waals surface area contributed by atoms with Crippen LogP contribution in [-0.4, -0.2) is 39.0 Å². The Labute approximate surface area is 472 Å². The number of aromatic nitrogens is 8. The van der Waals surface area contributed by atoms with E-state index in [2.05, 4.69) is 250 Å². The molecule has 0 saturated heterocycles. The fourth-order valence-electron chi connectivity index (χ4n) is 13.2. The van der Waals surface area contributed by atoms with Crippen molar-refractivity contribution in [1.29, 1.82) is 0 Å². The fraction of sp³-hybridized carbons (Fsp3) is 0.0270. The van der Waals surface area contributed by atoms with Crippen molar-refractivity contribution in [2.75, 3.05) is 0 Å². The van der Waals surface area contributed by atoms with Gasteiger partial charge in [-0.05, 0) is 106 Å². The van der Waals surface area contributed by atoms with Gasteiger partial charge >= 0.3 is 0 Å². The molecule has 0 N–H and O–H groups in total. The average Bonchev–Trinajstić information content (AvgIpc) is 2.39. The van der Waals surface area contributed by atoms with Gasteiger partial charge in [0.05, 0.1) is 44.8 Å². The normalized spacial score (nSPS) is 14.1. The van der Waals surface area contributed by atoms with Crippen LogP contribution in [0.3, 0.4) is 0 Å². The van der Waals surface area contributed by atoms with Crippen LogP contribution in [0.5, 0.6) is 0 Å². The first kappa shape index (κ1) is 46.0. The molecule has 0 saturated carbocycles. The smallest absolute Gasteiger partial charge is 0.160 e. The van der Waals surface area contributed by atoms with E-state index in [0.29, 0.717) is 11.6 Å². The Hall–Kier alpha value is -11.0. The minimum atomic E-state index is 0.0117. The molecule has 15 aromatic rings. The zero-order valence-electron chi connectivity index (χ0n) is 44.1. The quantitative estimate of drug-likeness (QED) is 0.151. The molecule has 3 aliphatic rings. The number of hydrogen-bond acceptors (Lipinski definition) is 6. The Morgan fingerprint density at radius 1 is 0.256 bits per heavy atom. The zero-order valence-corrected chi connectivity index (χ0v) is 44.1. The Morgan fingerprint density at radius 2 is 0.598 bits per heavy atom. The maximum absolute atomic E-state index is 5.39. The first-order chi connectivity index (χ1) is 40.6. The van der Waals surface area contributed by atoms with Crippen LogP contribution in [0.2, 0.25) is 0 Å². The summed E-state index contributed by atoms with van der Waals surface area (Å²) in [5, 5.41) is 4.63. The van der Waals surface area contributed by atoms with Crippen molar-refractivity contribution in [1.82, 2.24) is 39.0 Å². The first-order valence-electron chi connectivity index (χ1n) is 27.8. The van der Waals surface area contributed by atoms with Crippen molar-refractivity contribution in [2.24, 2.45) is 0 Å². The van der Waals surface area contributed by atoms with Gasteiger partial charge in [-0.15, -0.1) is 0 Å². The molecule has 6 heterocycles. The van der Waals surface area contributed by atoms with Gasteiger partial charge in [0.15, 0.2) is 11.6 Å². The van der Waals surface area contributed by atoms with Crippen molar-refractivity contribution in [3.8, 4) is 79.2 Å². The van der Waals surface area contributed by atoms with Crippen LogP contribution in [0, 0.1) is 0 Å². The largest absolute Gasteiger partial charge is 0.309 e. The number of hydrogen-bond donors (Lipinski definition) is 0. The molecule has 3 aliphatic carbocycles. The van der Waals surface area contributed by atoms with Gasteiger partial charge in [0.2, 0.25) is 0 Å². The number of nitrogens with zero attached hydrogens (tertiary/aromatic N) is 8. The van der Waals surface area contributed by atoms with Crippen LogP contribution in [0.25, 0.3) is 123 Å². The molecule has 8 heteroatoms. The molecule has 0 fully saturated rings. The summed E-state index contributed by atoms with van der Waals surface area (Å²) < 4.78 is 4.63. The van der Waals surface area contributed by atoms with Crippen LogP contribution in [0.4, 0.5) is 0 Å². The van der Waals surface area contributed by atoms with Crippen molar-refractivity contribution >= 4 is 43.6 Å². The molecule has 0 aliphatic heterocycles. The minimum Gasteiger partial charge on any atom is -0.309 e.